The van der Waals surface area contributed by atoms with Gasteiger partial charge in [0.15, 0.2) is 0 Å². The zero-order chi connectivity index (χ0) is 17.0. The van der Waals surface area contributed by atoms with Crippen molar-refractivity contribution in [3.05, 3.63) is 35.4 Å². The maximum absolute atomic E-state index is 12.3. The fourth-order valence-corrected chi connectivity index (χ4v) is 5.64. The number of hydrogen-bond acceptors (Lipinski definition) is 2. The normalized spacial score (nSPS) is 34.5. The number of fused-ring (bicyclic) bond motifs is 2. The first kappa shape index (κ1) is 16.0. The van der Waals surface area contributed by atoms with Crippen LogP contribution in [0, 0.1) is 23.2 Å². The van der Waals surface area contributed by atoms with Crippen LogP contribution >= 0.6 is 0 Å². The highest BCUT2D eigenvalue weighted by molar-refractivity contribution is 5.89. The number of aryl methyl sites for hydroxylation is 1. The van der Waals surface area contributed by atoms with Crippen molar-refractivity contribution in [2.45, 2.75) is 45.4 Å². The smallest absolute Gasteiger partial charge is 0.222 e. The van der Waals surface area contributed by atoms with Crippen molar-refractivity contribution >= 4 is 11.8 Å². The molecule has 3 rings (SSSR count). The Morgan fingerprint density at radius 1 is 1.13 bits per heavy atom. The number of benzene rings is 1. The van der Waals surface area contributed by atoms with Gasteiger partial charge in [0.25, 0.3) is 0 Å². The van der Waals surface area contributed by atoms with E-state index in [2.05, 4.69) is 45.0 Å². The molecule has 2 aliphatic rings. The third-order valence-electron chi connectivity index (χ3n) is 6.76. The standard InChI is InChI=1S/C19H26N2O2/c1-4-11-5-7-12(8-6-11)19-10-9-13(18(19,2)3)14(16(20)22)15(19)17(21)23/h5-8,13-15H,4,9-10H2,1-3H3,(H2,20,22)(H2,21,23). The molecule has 4 unspecified atom stereocenters. The molecule has 2 saturated carbocycles. The molecule has 23 heavy (non-hydrogen) atoms. The van der Waals surface area contributed by atoms with E-state index in [4.69, 9.17) is 11.5 Å². The van der Waals surface area contributed by atoms with Crippen LogP contribution in [0.2, 0.25) is 0 Å². The minimum Gasteiger partial charge on any atom is -0.369 e. The lowest BCUT2D eigenvalue weighted by Crippen LogP contribution is -2.49. The number of carbonyl (C=O) groups excluding carboxylic acids is 2. The Kier molecular flexibility index (Phi) is 3.54. The summed E-state index contributed by atoms with van der Waals surface area (Å²) in [7, 11) is 0. The zero-order valence-corrected chi connectivity index (χ0v) is 14.1. The lowest BCUT2D eigenvalue weighted by molar-refractivity contribution is -0.134. The van der Waals surface area contributed by atoms with Crippen molar-refractivity contribution in [3.8, 4) is 0 Å². The monoisotopic (exact) mass is 314 g/mol. The molecule has 0 aromatic heterocycles. The van der Waals surface area contributed by atoms with Crippen LogP contribution < -0.4 is 11.5 Å². The molecule has 0 saturated heterocycles. The molecule has 4 atom stereocenters. The van der Waals surface area contributed by atoms with Crippen molar-refractivity contribution in [1.82, 2.24) is 0 Å². The van der Waals surface area contributed by atoms with Crippen LogP contribution in [0.5, 0.6) is 0 Å². The largest absolute Gasteiger partial charge is 0.369 e. The van der Waals surface area contributed by atoms with Crippen molar-refractivity contribution in [3.63, 3.8) is 0 Å². The summed E-state index contributed by atoms with van der Waals surface area (Å²) in [5.41, 5.74) is 13.2. The van der Waals surface area contributed by atoms with E-state index in [0.717, 1.165) is 24.8 Å². The van der Waals surface area contributed by atoms with Crippen LogP contribution in [-0.4, -0.2) is 11.8 Å². The first-order chi connectivity index (χ1) is 10.8. The van der Waals surface area contributed by atoms with E-state index in [1.807, 2.05) is 0 Å². The average molecular weight is 314 g/mol. The van der Waals surface area contributed by atoms with E-state index >= 15 is 0 Å². The highest BCUT2D eigenvalue weighted by Gasteiger charge is 2.71. The van der Waals surface area contributed by atoms with Crippen molar-refractivity contribution in [2.24, 2.45) is 34.6 Å². The molecule has 4 N–H and O–H groups in total. The van der Waals surface area contributed by atoms with Gasteiger partial charge in [-0.1, -0.05) is 45.0 Å². The quantitative estimate of drug-likeness (QED) is 0.892. The topological polar surface area (TPSA) is 86.2 Å². The van der Waals surface area contributed by atoms with Crippen LogP contribution in [0.1, 0.15) is 44.7 Å². The third-order valence-corrected chi connectivity index (χ3v) is 6.76. The summed E-state index contributed by atoms with van der Waals surface area (Å²) in [4.78, 5) is 24.4. The third kappa shape index (κ3) is 1.90. The van der Waals surface area contributed by atoms with E-state index < -0.39 is 29.1 Å². The molecule has 2 aliphatic carbocycles. The van der Waals surface area contributed by atoms with Crippen LogP contribution in [-0.2, 0) is 21.4 Å². The van der Waals surface area contributed by atoms with E-state index in [1.165, 1.54) is 5.56 Å². The van der Waals surface area contributed by atoms with Crippen LogP contribution in [0.25, 0.3) is 0 Å². The van der Waals surface area contributed by atoms with Gasteiger partial charge in [0.2, 0.25) is 11.8 Å². The second-order valence-corrected chi connectivity index (χ2v) is 7.70. The van der Waals surface area contributed by atoms with Gasteiger partial charge in [-0.2, -0.15) is 0 Å². The molecule has 0 aliphatic heterocycles. The minimum atomic E-state index is -0.513. The fraction of sp³-hybridized carbons (Fsp3) is 0.579. The average Bonchev–Trinajstić information content (AvgIpc) is 2.89. The molecular formula is C19H26N2O2. The number of nitrogens with two attached hydrogens (primary N) is 2. The van der Waals surface area contributed by atoms with Gasteiger partial charge in [-0.25, -0.2) is 0 Å². The summed E-state index contributed by atoms with van der Waals surface area (Å²) in [6.45, 7) is 6.45. The first-order valence-electron chi connectivity index (χ1n) is 8.45. The Morgan fingerprint density at radius 2 is 1.74 bits per heavy atom. The number of amides is 2. The Morgan fingerprint density at radius 3 is 2.22 bits per heavy atom. The molecule has 2 fully saturated rings. The molecule has 1 aromatic rings. The van der Waals surface area contributed by atoms with Crippen LogP contribution in [0.15, 0.2) is 24.3 Å². The molecule has 2 bridgehead atoms. The Bertz CT molecular complexity index is 650. The predicted molar refractivity (Wildman–Crippen MR) is 89.4 cm³/mol. The highest BCUT2D eigenvalue weighted by atomic mass is 16.2. The lowest BCUT2D eigenvalue weighted by Gasteiger charge is -2.42. The van der Waals surface area contributed by atoms with Crippen molar-refractivity contribution in [1.29, 1.82) is 0 Å². The van der Waals surface area contributed by atoms with Gasteiger partial charge in [-0.05, 0) is 41.7 Å². The molecule has 124 valence electrons. The number of rotatable bonds is 4. The zero-order valence-electron chi connectivity index (χ0n) is 14.1. The van der Waals surface area contributed by atoms with Crippen molar-refractivity contribution in [2.75, 3.05) is 0 Å². The number of hydrogen-bond donors (Lipinski definition) is 2. The summed E-state index contributed by atoms with van der Waals surface area (Å²) in [6, 6.07) is 8.46. The highest BCUT2D eigenvalue weighted by Crippen LogP contribution is 2.70. The molecule has 0 radical (unpaired) electrons. The summed E-state index contributed by atoms with van der Waals surface area (Å²) in [5.74, 6) is -1.64. The second-order valence-electron chi connectivity index (χ2n) is 7.70. The number of primary amides is 2. The van der Waals surface area contributed by atoms with Gasteiger partial charge in [-0.3, -0.25) is 9.59 Å². The molecule has 0 heterocycles. The van der Waals surface area contributed by atoms with E-state index in [-0.39, 0.29) is 11.3 Å². The van der Waals surface area contributed by atoms with Gasteiger partial charge in [0.1, 0.15) is 0 Å². The Balaban J connectivity index is 2.19. The SMILES string of the molecule is CCc1ccc(C23CCC(C(C(N)=O)C2C(N)=O)C3(C)C)cc1. The molecule has 0 spiro atoms. The lowest BCUT2D eigenvalue weighted by atomic mass is 9.60. The molecule has 1 aromatic carbocycles. The predicted octanol–water partition coefficient (Wildman–Crippen LogP) is 2.14. The van der Waals surface area contributed by atoms with Crippen LogP contribution in [0.3, 0.4) is 0 Å². The van der Waals surface area contributed by atoms with E-state index in [9.17, 15) is 9.59 Å². The van der Waals surface area contributed by atoms with E-state index in [1.54, 1.807) is 0 Å². The maximum atomic E-state index is 12.3. The Hall–Kier alpha value is -1.84. The number of carbonyl (C=O) groups is 2. The molecule has 2 amide bonds. The van der Waals surface area contributed by atoms with E-state index in [0.29, 0.717) is 0 Å². The second kappa shape index (κ2) is 5.08. The fourth-order valence-electron chi connectivity index (χ4n) is 5.64. The van der Waals surface area contributed by atoms with Gasteiger partial charge < -0.3 is 11.5 Å². The molecular weight excluding hydrogens is 288 g/mol. The van der Waals surface area contributed by atoms with Gasteiger partial charge >= 0.3 is 0 Å². The van der Waals surface area contributed by atoms with Crippen LogP contribution in [0.4, 0.5) is 0 Å². The minimum absolute atomic E-state index is 0.114. The first-order valence-corrected chi connectivity index (χ1v) is 8.45. The van der Waals surface area contributed by atoms with Gasteiger partial charge in [0, 0.05) is 5.41 Å². The van der Waals surface area contributed by atoms with Gasteiger partial charge in [-0.15, -0.1) is 0 Å². The summed E-state index contributed by atoms with van der Waals surface area (Å²) >= 11 is 0. The molecule has 4 heteroatoms. The summed E-state index contributed by atoms with van der Waals surface area (Å²) < 4.78 is 0. The summed E-state index contributed by atoms with van der Waals surface area (Å²) in [5, 5.41) is 0. The molecule has 4 nitrogen and oxygen atoms in total. The van der Waals surface area contributed by atoms with Crippen molar-refractivity contribution < 1.29 is 9.59 Å². The summed E-state index contributed by atoms with van der Waals surface area (Å²) in [6.07, 6.45) is 2.77. The maximum Gasteiger partial charge on any atom is 0.222 e. The van der Waals surface area contributed by atoms with Gasteiger partial charge in [0.05, 0.1) is 11.8 Å². The Labute approximate surface area is 137 Å².